The summed E-state index contributed by atoms with van der Waals surface area (Å²) in [6, 6.07) is 0. The van der Waals surface area contributed by atoms with Crippen molar-refractivity contribution < 1.29 is 4.79 Å². The van der Waals surface area contributed by atoms with Crippen molar-refractivity contribution in [2.45, 2.75) is 39.5 Å². The van der Waals surface area contributed by atoms with Gasteiger partial charge in [-0.05, 0) is 26.7 Å². The predicted molar refractivity (Wildman–Crippen MR) is 70.3 cm³/mol. The minimum Gasteiger partial charge on any atom is -0.368 e. The molecule has 2 rings (SSSR count). The number of likely N-dealkylation sites (tertiary alicyclic amines) is 1. The molecule has 0 saturated carbocycles. The quantitative estimate of drug-likeness (QED) is 0.821. The molecule has 0 radical (unpaired) electrons. The van der Waals surface area contributed by atoms with Gasteiger partial charge in [-0.3, -0.25) is 4.79 Å². The molecule has 0 aliphatic carbocycles. The van der Waals surface area contributed by atoms with Crippen LogP contribution in [-0.2, 0) is 0 Å². The van der Waals surface area contributed by atoms with Crippen LogP contribution in [0.2, 0.25) is 0 Å². The van der Waals surface area contributed by atoms with Crippen LogP contribution in [0, 0.1) is 13.8 Å². The minimum atomic E-state index is 0.0481. The van der Waals surface area contributed by atoms with E-state index >= 15 is 0 Å². The van der Waals surface area contributed by atoms with Crippen LogP contribution in [0.15, 0.2) is 0 Å². The van der Waals surface area contributed by atoms with E-state index in [1.807, 2.05) is 18.7 Å². The van der Waals surface area contributed by atoms with Crippen molar-refractivity contribution in [2.24, 2.45) is 0 Å². The molecular formula is C13H20N4O. The monoisotopic (exact) mass is 248 g/mol. The number of carbonyl (C=O) groups is 1. The number of amides is 1. The summed E-state index contributed by atoms with van der Waals surface area (Å²) in [5, 5.41) is 0. The Bertz CT molecular complexity index is 427. The van der Waals surface area contributed by atoms with E-state index < -0.39 is 0 Å². The first-order valence-electron chi connectivity index (χ1n) is 6.49. The Hall–Kier alpha value is -1.65. The lowest BCUT2D eigenvalue weighted by Gasteiger charge is -2.21. The van der Waals surface area contributed by atoms with Gasteiger partial charge in [-0.1, -0.05) is 12.8 Å². The normalized spacial score (nSPS) is 16.4. The van der Waals surface area contributed by atoms with Crippen LogP contribution in [0.4, 0.5) is 5.95 Å². The highest BCUT2D eigenvalue weighted by Crippen LogP contribution is 2.17. The fourth-order valence-electron chi connectivity index (χ4n) is 2.48. The van der Waals surface area contributed by atoms with Crippen LogP contribution in [0.5, 0.6) is 0 Å². The van der Waals surface area contributed by atoms with Crippen LogP contribution in [0.3, 0.4) is 0 Å². The third-order valence-corrected chi connectivity index (χ3v) is 3.40. The van der Waals surface area contributed by atoms with Crippen LogP contribution < -0.4 is 5.73 Å². The van der Waals surface area contributed by atoms with Crippen molar-refractivity contribution in [2.75, 3.05) is 18.8 Å². The Balaban J connectivity index is 2.27. The average molecular weight is 248 g/mol. The third-order valence-electron chi connectivity index (χ3n) is 3.40. The number of aromatic nitrogens is 2. The van der Waals surface area contributed by atoms with Gasteiger partial charge in [-0.25, -0.2) is 9.97 Å². The molecule has 1 amide bonds. The molecule has 5 nitrogen and oxygen atoms in total. The minimum absolute atomic E-state index is 0.0481. The molecule has 18 heavy (non-hydrogen) atoms. The maximum absolute atomic E-state index is 12.5. The number of nitrogens with two attached hydrogens (primary N) is 1. The van der Waals surface area contributed by atoms with Crippen molar-refractivity contribution in [3.63, 3.8) is 0 Å². The Morgan fingerprint density at radius 3 is 2.06 bits per heavy atom. The number of carbonyl (C=O) groups excluding carboxylic acids is 1. The molecule has 1 aromatic heterocycles. The molecule has 2 heterocycles. The van der Waals surface area contributed by atoms with Gasteiger partial charge in [0.2, 0.25) is 5.95 Å². The zero-order valence-corrected chi connectivity index (χ0v) is 11.1. The molecule has 1 fully saturated rings. The number of nitrogens with zero attached hydrogens (tertiary/aromatic N) is 3. The van der Waals surface area contributed by atoms with Gasteiger partial charge in [-0.15, -0.1) is 0 Å². The first-order chi connectivity index (χ1) is 8.59. The van der Waals surface area contributed by atoms with Crippen molar-refractivity contribution in [3.05, 3.63) is 17.0 Å². The highest BCUT2D eigenvalue weighted by atomic mass is 16.2. The molecular weight excluding hydrogens is 228 g/mol. The number of hydrogen-bond donors (Lipinski definition) is 1. The van der Waals surface area contributed by atoms with Crippen LogP contribution in [0.25, 0.3) is 0 Å². The molecule has 0 atom stereocenters. The van der Waals surface area contributed by atoms with Crippen LogP contribution in [-0.4, -0.2) is 33.9 Å². The van der Waals surface area contributed by atoms with E-state index in [-0.39, 0.29) is 11.9 Å². The zero-order chi connectivity index (χ0) is 13.1. The average Bonchev–Trinajstić information content (AvgIpc) is 2.55. The third kappa shape index (κ3) is 2.60. The van der Waals surface area contributed by atoms with Gasteiger partial charge < -0.3 is 10.6 Å². The predicted octanol–water partition coefficient (Wildman–Crippen LogP) is 1.69. The first-order valence-corrected chi connectivity index (χ1v) is 6.49. The smallest absolute Gasteiger partial charge is 0.257 e. The van der Waals surface area contributed by atoms with E-state index in [1.54, 1.807) is 0 Å². The summed E-state index contributed by atoms with van der Waals surface area (Å²) in [6.45, 7) is 5.30. The molecule has 1 saturated heterocycles. The lowest BCUT2D eigenvalue weighted by Crippen LogP contribution is -2.33. The second kappa shape index (κ2) is 5.33. The molecule has 1 aromatic rings. The molecule has 0 bridgehead atoms. The summed E-state index contributed by atoms with van der Waals surface area (Å²) in [4.78, 5) is 22.6. The van der Waals surface area contributed by atoms with E-state index in [1.165, 1.54) is 12.8 Å². The van der Waals surface area contributed by atoms with E-state index in [0.29, 0.717) is 17.0 Å². The van der Waals surface area contributed by atoms with Gasteiger partial charge in [-0.2, -0.15) is 0 Å². The summed E-state index contributed by atoms with van der Waals surface area (Å²) in [7, 11) is 0. The standard InChI is InChI=1S/C13H20N4O/c1-9-11(10(2)16-13(14)15-9)12(18)17-7-5-3-4-6-8-17/h3-8H2,1-2H3,(H2,14,15,16). The van der Waals surface area contributed by atoms with Gasteiger partial charge in [0.05, 0.1) is 17.0 Å². The lowest BCUT2D eigenvalue weighted by atomic mass is 10.1. The first kappa shape index (κ1) is 12.8. The fourth-order valence-corrected chi connectivity index (χ4v) is 2.48. The molecule has 1 aliphatic rings. The van der Waals surface area contributed by atoms with E-state index in [4.69, 9.17) is 5.73 Å². The summed E-state index contributed by atoms with van der Waals surface area (Å²) in [6.07, 6.45) is 4.58. The highest BCUT2D eigenvalue weighted by Gasteiger charge is 2.22. The second-order valence-electron chi connectivity index (χ2n) is 4.83. The largest absolute Gasteiger partial charge is 0.368 e. The summed E-state index contributed by atoms with van der Waals surface area (Å²) < 4.78 is 0. The van der Waals surface area contributed by atoms with Crippen molar-refractivity contribution >= 4 is 11.9 Å². The molecule has 1 aliphatic heterocycles. The Morgan fingerprint density at radius 1 is 1.06 bits per heavy atom. The second-order valence-corrected chi connectivity index (χ2v) is 4.83. The number of hydrogen-bond acceptors (Lipinski definition) is 4. The Labute approximate surface area is 107 Å². The SMILES string of the molecule is Cc1nc(N)nc(C)c1C(=O)N1CCCCCC1. The molecule has 0 unspecified atom stereocenters. The molecule has 0 aromatic carbocycles. The van der Waals surface area contributed by atoms with Crippen LogP contribution >= 0.6 is 0 Å². The summed E-state index contributed by atoms with van der Waals surface area (Å²) >= 11 is 0. The molecule has 2 N–H and O–H groups in total. The highest BCUT2D eigenvalue weighted by molar-refractivity contribution is 5.96. The van der Waals surface area contributed by atoms with Gasteiger partial charge in [0.15, 0.2) is 0 Å². The Kier molecular flexibility index (Phi) is 3.79. The van der Waals surface area contributed by atoms with Gasteiger partial charge in [0.1, 0.15) is 0 Å². The van der Waals surface area contributed by atoms with Gasteiger partial charge in [0.25, 0.3) is 5.91 Å². The van der Waals surface area contributed by atoms with Gasteiger partial charge in [0, 0.05) is 13.1 Å². The van der Waals surface area contributed by atoms with Crippen molar-refractivity contribution in [1.82, 2.24) is 14.9 Å². The topological polar surface area (TPSA) is 72.1 Å². The lowest BCUT2D eigenvalue weighted by molar-refractivity contribution is 0.0759. The van der Waals surface area contributed by atoms with Crippen LogP contribution in [0.1, 0.15) is 47.4 Å². The maximum atomic E-state index is 12.5. The number of aryl methyl sites for hydroxylation is 2. The molecule has 0 spiro atoms. The van der Waals surface area contributed by atoms with E-state index in [0.717, 1.165) is 25.9 Å². The van der Waals surface area contributed by atoms with Crippen molar-refractivity contribution in [3.8, 4) is 0 Å². The van der Waals surface area contributed by atoms with Gasteiger partial charge >= 0.3 is 0 Å². The Morgan fingerprint density at radius 2 is 1.56 bits per heavy atom. The molecule has 98 valence electrons. The zero-order valence-electron chi connectivity index (χ0n) is 11.1. The summed E-state index contributed by atoms with van der Waals surface area (Å²) in [5.41, 5.74) is 7.55. The van der Waals surface area contributed by atoms with Crippen molar-refractivity contribution in [1.29, 1.82) is 0 Å². The number of nitrogen functional groups attached to an aromatic ring is 1. The number of rotatable bonds is 1. The maximum Gasteiger partial charge on any atom is 0.257 e. The van der Waals surface area contributed by atoms with E-state index in [2.05, 4.69) is 9.97 Å². The number of anilines is 1. The molecule has 5 heteroatoms. The van der Waals surface area contributed by atoms with E-state index in [9.17, 15) is 4.79 Å². The summed E-state index contributed by atoms with van der Waals surface area (Å²) in [5.74, 6) is 0.282. The fraction of sp³-hybridized carbons (Fsp3) is 0.615.